The highest BCUT2D eigenvalue weighted by Crippen LogP contribution is 2.32. The van der Waals surface area contributed by atoms with Crippen molar-refractivity contribution in [3.63, 3.8) is 0 Å². The fourth-order valence-corrected chi connectivity index (χ4v) is 4.24. The molecule has 2 atom stereocenters. The first-order valence-corrected chi connectivity index (χ1v) is 9.80. The number of hydrogen-bond donors (Lipinski definition) is 3. The average molecular weight is 403 g/mol. The smallest absolute Gasteiger partial charge is 0.319 e. The van der Waals surface area contributed by atoms with Gasteiger partial charge in [-0.25, -0.2) is 9.78 Å². The molecule has 4 rings (SSSR count). The Morgan fingerprint density at radius 2 is 1.89 bits per heavy atom. The van der Waals surface area contributed by atoms with E-state index in [1.54, 1.807) is 18.2 Å². The number of rotatable bonds is 3. The molecule has 140 valence electrons. The molecule has 1 aliphatic carbocycles. The summed E-state index contributed by atoms with van der Waals surface area (Å²) in [7, 11) is 0. The van der Waals surface area contributed by atoms with Gasteiger partial charge in [0.1, 0.15) is 5.82 Å². The summed E-state index contributed by atoms with van der Waals surface area (Å²) in [6.45, 7) is 0. The topological polar surface area (TPSA) is 69.8 Å². The number of halogens is 2. The van der Waals surface area contributed by atoms with Gasteiger partial charge in [-0.05, 0) is 49.6 Å². The number of H-pyrrole nitrogens is 1. The minimum atomic E-state index is -0.247. The number of nitrogens with one attached hydrogen (secondary N) is 3. The zero-order valence-corrected chi connectivity index (χ0v) is 16.1. The predicted octanol–water partition coefficient (Wildman–Crippen LogP) is 5.72. The van der Waals surface area contributed by atoms with Gasteiger partial charge in [-0.2, -0.15) is 0 Å². The number of anilines is 1. The lowest BCUT2D eigenvalue weighted by Gasteiger charge is -2.28. The molecular formula is C20H20Cl2N4O. The van der Waals surface area contributed by atoms with Crippen molar-refractivity contribution in [3.8, 4) is 0 Å². The summed E-state index contributed by atoms with van der Waals surface area (Å²) in [6.07, 6.45) is 3.95. The minimum absolute atomic E-state index is 0.103. The number of amides is 2. The lowest BCUT2D eigenvalue weighted by molar-refractivity contribution is 0.242. The fraction of sp³-hybridized carbons (Fsp3) is 0.300. The Kier molecular flexibility index (Phi) is 5.23. The number of imidazole rings is 1. The third kappa shape index (κ3) is 4.37. The molecule has 1 aromatic heterocycles. The maximum atomic E-state index is 12.4. The Labute approximate surface area is 167 Å². The molecule has 0 saturated heterocycles. The van der Waals surface area contributed by atoms with Gasteiger partial charge < -0.3 is 15.6 Å². The molecule has 3 aromatic rings. The van der Waals surface area contributed by atoms with Crippen LogP contribution in [0.4, 0.5) is 10.5 Å². The third-order valence-corrected chi connectivity index (χ3v) is 5.36. The molecule has 2 amide bonds. The van der Waals surface area contributed by atoms with E-state index < -0.39 is 0 Å². The van der Waals surface area contributed by atoms with Crippen molar-refractivity contribution in [3.05, 3.63) is 58.3 Å². The van der Waals surface area contributed by atoms with Crippen molar-refractivity contribution < 1.29 is 4.79 Å². The molecule has 5 nitrogen and oxygen atoms in total. The van der Waals surface area contributed by atoms with Crippen LogP contribution in [0, 0.1) is 0 Å². The highest BCUT2D eigenvalue weighted by atomic mass is 35.5. The molecule has 7 heteroatoms. The number of urea groups is 1. The molecule has 27 heavy (non-hydrogen) atoms. The van der Waals surface area contributed by atoms with Crippen molar-refractivity contribution in [2.24, 2.45) is 0 Å². The molecule has 0 spiro atoms. The SMILES string of the molecule is O=C(Nc1cc(Cl)cc(Cl)c1)N[C@@H]1CCC[C@H](c2nc3ccccc3[nH]2)C1. The second-order valence-corrected chi connectivity index (χ2v) is 7.83. The number of fused-ring (bicyclic) bond motifs is 1. The Morgan fingerprint density at radius 1 is 1.11 bits per heavy atom. The molecule has 0 aliphatic heterocycles. The van der Waals surface area contributed by atoms with E-state index in [1.165, 1.54) is 0 Å². The zero-order chi connectivity index (χ0) is 18.8. The van der Waals surface area contributed by atoms with Crippen LogP contribution in [0.5, 0.6) is 0 Å². The van der Waals surface area contributed by atoms with Gasteiger partial charge in [-0.15, -0.1) is 0 Å². The van der Waals surface area contributed by atoms with Gasteiger partial charge in [-0.3, -0.25) is 0 Å². The maximum absolute atomic E-state index is 12.4. The van der Waals surface area contributed by atoms with E-state index in [2.05, 4.69) is 15.6 Å². The molecule has 0 bridgehead atoms. The minimum Gasteiger partial charge on any atom is -0.342 e. The van der Waals surface area contributed by atoms with E-state index in [4.69, 9.17) is 28.2 Å². The van der Waals surface area contributed by atoms with Crippen LogP contribution in [0.2, 0.25) is 10.0 Å². The van der Waals surface area contributed by atoms with Crippen LogP contribution < -0.4 is 10.6 Å². The van der Waals surface area contributed by atoms with E-state index in [-0.39, 0.29) is 12.1 Å². The van der Waals surface area contributed by atoms with Crippen LogP contribution in [0.25, 0.3) is 11.0 Å². The van der Waals surface area contributed by atoms with Crippen molar-refractivity contribution in [1.82, 2.24) is 15.3 Å². The van der Waals surface area contributed by atoms with Gasteiger partial charge in [0.2, 0.25) is 0 Å². The number of benzene rings is 2. The standard InChI is InChI=1S/C20H20Cl2N4O/c21-13-9-14(22)11-16(10-13)24-20(27)23-15-5-3-4-12(8-15)19-25-17-6-1-2-7-18(17)26-19/h1-2,6-7,9-12,15H,3-5,8H2,(H,25,26)(H2,23,24,27)/t12-,15+/m0/s1. The Hall–Kier alpha value is -2.24. The summed E-state index contributed by atoms with van der Waals surface area (Å²) in [5, 5.41) is 6.84. The molecule has 1 saturated carbocycles. The van der Waals surface area contributed by atoms with Crippen LogP contribution >= 0.6 is 23.2 Å². The van der Waals surface area contributed by atoms with Crippen molar-refractivity contribution >= 4 is 46.0 Å². The van der Waals surface area contributed by atoms with E-state index in [9.17, 15) is 4.79 Å². The van der Waals surface area contributed by atoms with Gasteiger partial charge in [0, 0.05) is 27.7 Å². The second kappa shape index (κ2) is 7.79. The van der Waals surface area contributed by atoms with E-state index in [1.807, 2.05) is 24.3 Å². The quantitative estimate of drug-likeness (QED) is 0.524. The van der Waals surface area contributed by atoms with Crippen LogP contribution in [0.1, 0.15) is 37.4 Å². The first-order chi connectivity index (χ1) is 13.1. The summed E-state index contributed by atoms with van der Waals surface area (Å²) in [4.78, 5) is 20.5. The van der Waals surface area contributed by atoms with Gasteiger partial charge in [0.05, 0.1) is 11.0 Å². The summed E-state index contributed by atoms with van der Waals surface area (Å²) in [6, 6.07) is 12.9. The van der Waals surface area contributed by atoms with Gasteiger partial charge in [-0.1, -0.05) is 41.8 Å². The normalized spacial score (nSPS) is 19.8. The highest BCUT2D eigenvalue weighted by molar-refractivity contribution is 6.35. The molecule has 3 N–H and O–H groups in total. The number of carbonyl (C=O) groups is 1. The van der Waals surface area contributed by atoms with Gasteiger partial charge >= 0.3 is 6.03 Å². The first-order valence-electron chi connectivity index (χ1n) is 9.05. The Balaban J connectivity index is 1.39. The number of aromatic nitrogens is 2. The number of hydrogen-bond acceptors (Lipinski definition) is 2. The number of nitrogens with zero attached hydrogens (tertiary/aromatic N) is 1. The molecule has 1 aliphatic rings. The molecular weight excluding hydrogens is 383 g/mol. The molecule has 0 radical (unpaired) electrons. The van der Waals surface area contributed by atoms with Crippen LogP contribution in [-0.2, 0) is 0 Å². The van der Waals surface area contributed by atoms with Crippen LogP contribution in [0.15, 0.2) is 42.5 Å². The number of carbonyl (C=O) groups excluding carboxylic acids is 1. The zero-order valence-electron chi connectivity index (χ0n) is 14.6. The lowest BCUT2D eigenvalue weighted by atomic mass is 9.85. The Morgan fingerprint density at radius 3 is 2.67 bits per heavy atom. The summed E-state index contributed by atoms with van der Waals surface area (Å²) >= 11 is 12.0. The summed E-state index contributed by atoms with van der Waals surface area (Å²) < 4.78 is 0. The highest BCUT2D eigenvalue weighted by Gasteiger charge is 2.26. The Bertz CT molecular complexity index is 918. The van der Waals surface area contributed by atoms with Crippen LogP contribution in [-0.4, -0.2) is 22.0 Å². The largest absolute Gasteiger partial charge is 0.342 e. The third-order valence-electron chi connectivity index (χ3n) is 4.92. The van der Waals surface area contributed by atoms with Crippen molar-refractivity contribution in [1.29, 1.82) is 0 Å². The van der Waals surface area contributed by atoms with Crippen LogP contribution in [0.3, 0.4) is 0 Å². The average Bonchev–Trinajstić information content (AvgIpc) is 3.05. The van der Waals surface area contributed by atoms with Gasteiger partial charge in [0.25, 0.3) is 0 Å². The van der Waals surface area contributed by atoms with E-state index in [0.29, 0.717) is 21.7 Å². The number of para-hydroxylation sites is 2. The molecule has 1 heterocycles. The number of aromatic amines is 1. The van der Waals surface area contributed by atoms with E-state index in [0.717, 1.165) is 42.5 Å². The molecule has 0 unspecified atom stereocenters. The fourth-order valence-electron chi connectivity index (χ4n) is 3.71. The maximum Gasteiger partial charge on any atom is 0.319 e. The lowest BCUT2D eigenvalue weighted by Crippen LogP contribution is -2.40. The summed E-state index contributed by atoms with van der Waals surface area (Å²) in [5.74, 6) is 1.32. The van der Waals surface area contributed by atoms with E-state index >= 15 is 0 Å². The molecule has 2 aromatic carbocycles. The predicted molar refractivity (Wildman–Crippen MR) is 110 cm³/mol. The van der Waals surface area contributed by atoms with Crippen molar-refractivity contribution in [2.75, 3.05) is 5.32 Å². The second-order valence-electron chi connectivity index (χ2n) is 6.96. The molecule has 1 fully saturated rings. The monoisotopic (exact) mass is 402 g/mol. The first kappa shape index (κ1) is 18.1. The van der Waals surface area contributed by atoms with Crippen molar-refractivity contribution in [2.45, 2.75) is 37.6 Å². The summed E-state index contributed by atoms with van der Waals surface area (Å²) in [5.41, 5.74) is 2.62. The van der Waals surface area contributed by atoms with Gasteiger partial charge in [0.15, 0.2) is 0 Å².